The van der Waals surface area contributed by atoms with Crippen LogP contribution in [0.15, 0.2) is 60.9 Å². The Bertz CT molecular complexity index is 1180. The molecule has 1 amide bonds. The fourth-order valence-corrected chi connectivity index (χ4v) is 2.88. The Morgan fingerprint density at radius 3 is 2.53 bits per heavy atom. The molecule has 4 aromatic rings. The first-order valence-corrected chi connectivity index (χ1v) is 9.08. The van der Waals surface area contributed by atoms with Crippen LogP contribution < -0.4 is 5.32 Å². The number of esters is 1. The molecule has 0 aliphatic rings. The lowest BCUT2D eigenvalue weighted by Crippen LogP contribution is -2.43. The van der Waals surface area contributed by atoms with Crippen molar-refractivity contribution in [1.82, 2.24) is 35.1 Å². The number of carbonyl (C=O) groups is 2. The molecule has 0 radical (unpaired) electrons. The van der Waals surface area contributed by atoms with Crippen LogP contribution in [0, 0.1) is 0 Å². The summed E-state index contributed by atoms with van der Waals surface area (Å²) in [5.74, 6) is -0.451. The highest BCUT2D eigenvalue weighted by Gasteiger charge is 2.24. The number of hydrogen-bond donors (Lipinski definition) is 1. The van der Waals surface area contributed by atoms with Crippen LogP contribution >= 0.6 is 0 Å². The maximum Gasteiger partial charge on any atom is 0.328 e. The molecular formula is C20H17N7O3. The second kappa shape index (κ2) is 8.43. The third-order valence-corrected chi connectivity index (χ3v) is 4.33. The number of nitrogens with zero attached hydrogens (tertiary/aromatic N) is 6. The molecular weight excluding hydrogens is 386 g/mol. The van der Waals surface area contributed by atoms with Gasteiger partial charge in [-0.2, -0.15) is 9.61 Å². The van der Waals surface area contributed by atoms with Crippen LogP contribution in [0.2, 0.25) is 0 Å². The zero-order valence-electron chi connectivity index (χ0n) is 16.0. The number of fused-ring (bicyclic) bond motifs is 1. The normalized spacial score (nSPS) is 11.8. The van der Waals surface area contributed by atoms with E-state index < -0.39 is 17.9 Å². The van der Waals surface area contributed by atoms with Gasteiger partial charge in [0.2, 0.25) is 5.82 Å². The third-order valence-electron chi connectivity index (χ3n) is 4.33. The zero-order chi connectivity index (χ0) is 20.9. The van der Waals surface area contributed by atoms with Gasteiger partial charge in [-0.3, -0.25) is 4.79 Å². The van der Waals surface area contributed by atoms with Gasteiger partial charge in [0.25, 0.3) is 5.91 Å². The number of aromatic nitrogens is 6. The van der Waals surface area contributed by atoms with Crippen molar-refractivity contribution < 1.29 is 14.3 Å². The van der Waals surface area contributed by atoms with Crippen molar-refractivity contribution in [2.24, 2.45) is 0 Å². The van der Waals surface area contributed by atoms with Gasteiger partial charge in [-0.05, 0) is 23.8 Å². The largest absolute Gasteiger partial charge is 0.467 e. The van der Waals surface area contributed by atoms with E-state index in [4.69, 9.17) is 4.74 Å². The molecule has 3 heterocycles. The Hall–Kier alpha value is -4.21. The van der Waals surface area contributed by atoms with Crippen LogP contribution in [0.4, 0.5) is 0 Å². The minimum atomic E-state index is -0.861. The fourth-order valence-electron chi connectivity index (χ4n) is 2.88. The monoisotopic (exact) mass is 403 g/mol. The summed E-state index contributed by atoms with van der Waals surface area (Å²) in [6, 6.07) is 13.3. The molecule has 0 saturated heterocycles. The Kier molecular flexibility index (Phi) is 5.37. The first-order valence-electron chi connectivity index (χ1n) is 9.08. The van der Waals surface area contributed by atoms with E-state index in [2.05, 4.69) is 30.6 Å². The maximum atomic E-state index is 12.8. The third kappa shape index (κ3) is 3.97. The topological polar surface area (TPSA) is 124 Å². The van der Waals surface area contributed by atoms with E-state index in [-0.39, 0.29) is 12.1 Å². The van der Waals surface area contributed by atoms with Gasteiger partial charge in [-0.15, -0.1) is 10.2 Å². The summed E-state index contributed by atoms with van der Waals surface area (Å²) in [5, 5.41) is 15.1. The Balaban J connectivity index is 1.60. The summed E-state index contributed by atoms with van der Waals surface area (Å²) in [6.07, 6.45) is 3.44. The van der Waals surface area contributed by atoms with Gasteiger partial charge in [-0.1, -0.05) is 30.3 Å². The minimum Gasteiger partial charge on any atom is -0.467 e. The van der Waals surface area contributed by atoms with Gasteiger partial charge in [0.05, 0.1) is 7.11 Å². The highest BCUT2D eigenvalue weighted by atomic mass is 16.5. The first-order chi connectivity index (χ1) is 14.7. The molecule has 10 nitrogen and oxygen atoms in total. The molecule has 3 aromatic heterocycles. The van der Waals surface area contributed by atoms with Crippen LogP contribution in [0.1, 0.15) is 16.1 Å². The number of rotatable bonds is 6. The molecule has 10 heteroatoms. The number of nitrogens with one attached hydrogen (secondary N) is 1. The van der Waals surface area contributed by atoms with E-state index in [0.717, 1.165) is 5.56 Å². The average Bonchev–Trinajstić information content (AvgIpc) is 3.22. The summed E-state index contributed by atoms with van der Waals surface area (Å²) in [7, 11) is 1.28. The molecule has 150 valence electrons. The lowest BCUT2D eigenvalue weighted by molar-refractivity contribution is -0.142. The number of carbonyl (C=O) groups excluding carboxylic acids is 2. The predicted octanol–water partition coefficient (Wildman–Crippen LogP) is 1.10. The van der Waals surface area contributed by atoms with E-state index in [1.165, 1.54) is 17.7 Å². The Morgan fingerprint density at radius 1 is 1.03 bits per heavy atom. The van der Waals surface area contributed by atoms with Gasteiger partial charge in [0.15, 0.2) is 11.5 Å². The van der Waals surface area contributed by atoms with Crippen LogP contribution in [0.3, 0.4) is 0 Å². The molecule has 0 spiro atoms. The van der Waals surface area contributed by atoms with Crippen LogP contribution in [0.5, 0.6) is 0 Å². The molecule has 0 aliphatic heterocycles. The smallest absolute Gasteiger partial charge is 0.328 e. The number of methoxy groups -OCH3 is 1. The highest BCUT2D eigenvalue weighted by Crippen LogP contribution is 2.13. The second-order valence-electron chi connectivity index (χ2n) is 6.32. The molecule has 1 aromatic carbocycles. The average molecular weight is 403 g/mol. The lowest BCUT2D eigenvalue weighted by atomic mass is 10.1. The van der Waals surface area contributed by atoms with Crippen LogP contribution in [-0.2, 0) is 16.0 Å². The van der Waals surface area contributed by atoms with Gasteiger partial charge in [-0.25, -0.2) is 14.8 Å². The number of ether oxygens (including phenoxy) is 1. The zero-order valence-corrected chi connectivity index (χ0v) is 16.0. The molecule has 0 saturated carbocycles. The van der Waals surface area contributed by atoms with E-state index in [0.29, 0.717) is 17.3 Å². The SMILES string of the molecule is COC(=O)C(Cc1ccccc1)NC(=O)c1ccc2nnc(-c3ncccn3)n2n1. The first kappa shape index (κ1) is 19.1. The van der Waals surface area contributed by atoms with Crippen molar-refractivity contribution in [1.29, 1.82) is 0 Å². The molecule has 30 heavy (non-hydrogen) atoms. The summed E-state index contributed by atoms with van der Waals surface area (Å²) < 4.78 is 6.22. The highest BCUT2D eigenvalue weighted by molar-refractivity contribution is 5.95. The molecule has 4 rings (SSSR count). The van der Waals surface area contributed by atoms with Crippen molar-refractivity contribution in [3.8, 4) is 11.6 Å². The van der Waals surface area contributed by atoms with Gasteiger partial charge >= 0.3 is 5.97 Å². The van der Waals surface area contributed by atoms with Gasteiger partial charge in [0, 0.05) is 18.8 Å². The molecule has 0 aliphatic carbocycles. The molecule has 1 unspecified atom stereocenters. The lowest BCUT2D eigenvalue weighted by Gasteiger charge is -2.16. The van der Waals surface area contributed by atoms with Crippen molar-refractivity contribution in [3.63, 3.8) is 0 Å². The second-order valence-corrected chi connectivity index (χ2v) is 6.32. The van der Waals surface area contributed by atoms with Crippen molar-refractivity contribution in [2.75, 3.05) is 7.11 Å². The summed E-state index contributed by atoms with van der Waals surface area (Å²) in [5.41, 5.74) is 1.41. The minimum absolute atomic E-state index is 0.0847. The molecule has 1 atom stereocenters. The maximum absolute atomic E-state index is 12.8. The standard InChI is InChI=1S/C20H17N7O3/c1-30-20(29)15(12-13-6-3-2-4-7-13)23-19(28)14-8-9-16-24-25-18(27(16)26-14)17-21-10-5-11-22-17/h2-11,15H,12H2,1H3,(H,23,28). The van der Waals surface area contributed by atoms with E-state index in [1.807, 2.05) is 30.3 Å². The predicted molar refractivity (Wildman–Crippen MR) is 105 cm³/mol. The van der Waals surface area contributed by atoms with Crippen LogP contribution in [-0.4, -0.2) is 54.8 Å². The molecule has 1 N–H and O–H groups in total. The van der Waals surface area contributed by atoms with Crippen LogP contribution in [0.25, 0.3) is 17.3 Å². The number of amides is 1. The summed E-state index contributed by atoms with van der Waals surface area (Å²) in [6.45, 7) is 0. The Morgan fingerprint density at radius 2 is 1.80 bits per heavy atom. The number of hydrogen-bond acceptors (Lipinski definition) is 8. The van der Waals surface area contributed by atoms with Gasteiger partial charge < -0.3 is 10.1 Å². The van der Waals surface area contributed by atoms with Crippen molar-refractivity contribution in [3.05, 3.63) is 72.2 Å². The van der Waals surface area contributed by atoms with E-state index in [1.54, 1.807) is 24.5 Å². The summed E-state index contributed by atoms with van der Waals surface area (Å²) >= 11 is 0. The van der Waals surface area contributed by atoms with E-state index >= 15 is 0 Å². The van der Waals surface area contributed by atoms with E-state index in [9.17, 15) is 9.59 Å². The summed E-state index contributed by atoms with van der Waals surface area (Å²) in [4.78, 5) is 33.3. The van der Waals surface area contributed by atoms with Crippen molar-refractivity contribution in [2.45, 2.75) is 12.5 Å². The van der Waals surface area contributed by atoms with Gasteiger partial charge in [0.1, 0.15) is 11.7 Å². The van der Waals surface area contributed by atoms with Crippen molar-refractivity contribution >= 4 is 17.5 Å². The molecule has 0 fully saturated rings. The Labute approximate surface area is 171 Å². The molecule has 0 bridgehead atoms. The fraction of sp³-hybridized carbons (Fsp3) is 0.150. The number of benzene rings is 1. The quantitative estimate of drug-likeness (QED) is 0.475.